The molecule has 0 bridgehead atoms. The number of rotatable bonds is 4. The van der Waals surface area contributed by atoms with Gasteiger partial charge >= 0.3 is 0 Å². The van der Waals surface area contributed by atoms with E-state index in [-0.39, 0.29) is 24.3 Å². The molecule has 0 radical (unpaired) electrons. The molecule has 1 saturated heterocycles. The van der Waals surface area contributed by atoms with Crippen molar-refractivity contribution in [3.8, 4) is 10.4 Å². The second-order valence-electron chi connectivity index (χ2n) is 6.91. The first-order chi connectivity index (χ1) is 14.2. The summed E-state index contributed by atoms with van der Waals surface area (Å²) < 4.78 is 0. The molecule has 5 heteroatoms. The Balaban J connectivity index is 1.53. The molecule has 1 atom stereocenters. The van der Waals surface area contributed by atoms with Crippen LogP contribution in [0.3, 0.4) is 0 Å². The van der Waals surface area contributed by atoms with E-state index in [4.69, 9.17) is 0 Å². The van der Waals surface area contributed by atoms with Crippen LogP contribution < -0.4 is 5.32 Å². The Labute approximate surface area is 174 Å². The fraction of sp³-hybridized carbons (Fsp3) is 0.167. The van der Waals surface area contributed by atoms with Gasteiger partial charge in [0.05, 0.1) is 12.5 Å². The Morgan fingerprint density at radius 3 is 2.48 bits per heavy atom. The van der Waals surface area contributed by atoms with E-state index in [1.54, 1.807) is 22.3 Å². The molecule has 4 rings (SSSR count). The van der Waals surface area contributed by atoms with Crippen LogP contribution in [0.4, 0.5) is 0 Å². The van der Waals surface area contributed by atoms with E-state index in [0.717, 1.165) is 10.4 Å². The molecule has 2 heterocycles. The summed E-state index contributed by atoms with van der Waals surface area (Å²) in [4.78, 5) is 29.1. The second-order valence-corrected chi connectivity index (χ2v) is 8.03. The molecule has 2 amide bonds. The van der Waals surface area contributed by atoms with Gasteiger partial charge in [0.2, 0.25) is 11.8 Å². The van der Waals surface area contributed by atoms with Crippen molar-refractivity contribution >= 4 is 29.2 Å². The summed E-state index contributed by atoms with van der Waals surface area (Å²) >= 11 is 1.65. The van der Waals surface area contributed by atoms with Crippen LogP contribution in [-0.4, -0.2) is 29.8 Å². The first-order valence-electron chi connectivity index (χ1n) is 9.66. The molecular weight excluding hydrogens is 380 g/mol. The molecule has 1 fully saturated rings. The van der Waals surface area contributed by atoms with Crippen molar-refractivity contribution < 1.29 is 9.59 Å². The third-order valence-corrected chi connectivity index (χ3v) is 6.07. The van der Waals surface area contributed by atoms with Gasteiger partial charge in [-0.25, -0.2) is 0 Å². The van der Waals surface area contributed by atoms with E-state index in [1.165, 1.54) is 10.4 Å². The number of hydrogen-bond acceptors (Lipinski definition) is 3. The number of nitrogens with zero attached hydrogens (tertiary/aromatic N) is 1. The molecule has 0 spiro atoms. The van der Waals surface area contributed by atoms with Crippen molar-refractivity contribution in [1.29, 1.82) is 0 Å². The van der Waals surface area contributed by atoms with Gasteiger partial charge in [0, 0.05) is 28.9 Å². The van der Waals surface area contributed by atoms with Crippen LogP contribution in [0.2, 0.25) is 0 Å². The van der Waals surface area contributed by atoms with Gasteiger partial charge < -0.3 is 10.2 Å². The highest BCUT2D eigenvalue weighted by Crippen LogP contribution is 2.29. The van der Waals surface area contributed by atoms with Gasteiger partial charge in [-0.05, 0) is 29.3 Å². The zero-order valence-corrected chi connectivity index (χ0v) is 16.8. The zero-order valence-electron chi connectivity index (χ0n) is 16.0. The number of thiophene rings is 1. The van der Waals surface area contributed by atoms with Crippen LogP contribution in [0.5, 0.6) is 0 Å². The molecule has 29 heavy (non-hydrogen) atoms. The van der Waals surface area contributed by atoms with Crippen LogP contribution >= 0.6 is 11.3 Å². The summed E-state index contributed by atoms with van der Waals surface area (Å²) in [6, 6.07) is 23.8. The molecule has 2 aromatic carbocycles. The van der Waals surface area contributed by atoms with Gasteiger partial charge in [-0.2, -0.15) is 0 Å². The molecule has 1 aromatic heterocycles. The molecule has 1 aliphatic heterocycles. The van der Waals surface area contributed by atoms with Crippen molar-refractivity contribution in [3.05, 3.63) is 89.3 Å². The monoisotopic (exact) mass is 402 g/mol. The minimum absolute atomic E-state index is 0.0242. The van der Waals surface area contributed by atoms with E-state index in [9.17, 15) is 9.59 Å². The van der Waals surface area contributed by atoms with E-state index < -0.39 is 0 Å². The van der Waals surface area contributed by atoms with Crippen LogP contribution in [-0.2, 0) is 9.59 Å². The summed E-state index contributed by atoms with van der Waals surface area (Å²) in [7, 11) is 0. The molecule has 4 nitrogen and oxygen atoms in total. The number of hydrogen-bond donors (Lipinski definition) is 1. The second kappa shape index (κ2) is 8.88. The van der Waals surface area contributed by atoms with E-state index >= 15 is 0 Å². The lowest BCUT2D eigenvalue weighted by molar-refractivity contribution is -0.128. The van der Waals surface area contributed by atoms with E-state index in [1.807, 2.05) is 60.7 Å². The van der Waals surface area contributed by atoms with Gasteiger partial charge in [0.1, 0.15) is 0 Å². The molecule has 0 unspecified atom stereocenters. The van der Waals surface area contributed by atoms with Crippen LogP contribution in [0.15, 0.2) is 78.9 Å². The maximum Gasteiger partial charge on any atom is 0.247 e. The minimum Gasteiger partial charge on any atom is -0.354 e. The van der Waals surface area contributed by atoms with Gasteiger partial charge in [0.25, 0.3) is 0 Å². The lowest BCUT2D eigenvalue weighted by atomic mass is 10.0. The van der Waals surface area contributed by atoms with Gasteiger partial charge in [0.15, 0.2) is 0 Å². The van der Waals surface area contributed by atoms with E-state index in [2.05, 4.69) is 23.5 Å². The van der Waals surface area contributed by atoms with Crippen molar-refractivity contribution in [1.82, 2.24) is 10.2 Å². The van der Waals surface area contributed by atoms with Gasteiger partial charge in [-0.1, -0.05) is 60.7 Å². The lowest BCUT2D eigenvalue weighted by Gasteiger charge is -2.28. The fourth-order valence-corrected chi connectivity index (χ4v) is 4.43. The molecule has 146 valence electrons. The van der Waals surface area contributed by atoms with E-state index in [0.29, 0.717) is 13.1 Å². The third-order valence-electron chi connectivity index (χ3n) is 4.97. The summed E-state index contributed by atoms with van der Waals surface area (Å²) in [6.45, 7) is 0.965. The topological polar surface area (TPSA) is 49.4 Å². The predicted octanol–water partition coefficient (Wildman–Crippen LogP) is 4.52. The highest BCUT2D eigenvalue weighted by molar-refractivity contribution is 7.16. The maximum atomic E-state index is 13.0. The van der Waals surface area contributed by atoms with Crippen LogP contribution in [0.25, 0.3) is 16.5 Å². The summed E-state index contributed by atoms with van der Waals surface area (Å²) in [5.41, 5.74) is 2.15. The Morgan fingerprint density at radius 1 is 1.00 bits per heavy atom. The van der Waals surface area contributed by atoms with Crippen molar-refractivity contribution in [2.75, 3.05) is 13.1 Å². The standard InChI is InChI=1S/C24H22N2O2S/c27-23-17-21(18-7-3-1-4-8-18)26(16-15-25-23)24(28)14-12-20-11-13-22(29-20)19-9-5-2-6-10-19/h1-14,21H,15-17H2,(H,25,27)/b14-12+/t21-/m0/s1. The molecule has 1 aliphatic rings. The smallest absolute Gasteiger partial charge is 0.247 e. The summed E-state index contributed by atoms with van der Waals surface area (Å²) in [6.07, 6.45) is 3.76. The lowest BCUT2D eigenvalue weighted by Crippen LogP contribution is -2.35. The fourth-order valence-electron chi connectivity index (χ4n) is 3.52. The van der Waals surface area contributed by atoms with Crippen LogP contribution in [0, 0.1) is 0 Å². The van der Waals surface area contributed by atoms with Crippen LogP contribution in [0.1, 0.15) is 22.9 Å². The average Bonchev–Trinajstić information content (AvgIpc) is 3.15. The van der Waals surface area contributed by atoms with Crippen molar-refractivity contribution in [2.45, 2.75) is 12.5 Å². The highest BCUT2D eigenvalue weighted by Gasteiger charge is 2.28. The average molecular weight is 403 g/mol. The first-order valence-corrected chi connectivity index (χ1v) is 10.5. The molecular formula is C24H22N2O2S. The van der Waals surface area contributed by atoms with Crippen molar-refractivity contribution in [3.63, 3.8) is 0 Å². The Hall–Kier alpha value is -3.18. The first kappa shape index (κ1) is 19.2. The number of carbonyl (C=O) groups excluding carboxylic acids is 2. The number of benzene rings is 2. The highest BCUT2D eigenvalue weighted by atomic mass is 32.1. The number of amides is 2. The molecule has 0 saturated carbocycles. The zero-order chi connectivity index (χ0) is 20.1. The SMILES string of the molecule is O=C1C[C@@H](c2ccccc2)N(C(=O)/C=C/c2ccc(-c3ccccc3)s2)CCN1. The molecule has 1 N–H and O–H groups in total. The minimum atomic E-state index is -0.251. The number of nitrogens with one attached hydrogen (secondary N) is 1. The molecule has 0 aliphatic carbocycles. The largest absolute Gasteiger partial charge is 0.354 e. The maximum absolute atomic E-state index is 13.0. The number of carbonyl (C=O) groups is 2. The van der Waals surface area contributed by atoms with Gasteiger partial charge in [-0.15, -0.1) is 11.3 Å². The summed E-state index contributed by atoms with van der Waals surface area (Å²) in [5, 5.41) is 2.87. The molecule has 3 aromatic rings. The van der Waals surface area contributed by atoms with Crippen molar-refractivity contribution in [2.24, 2.45) is 0 Å². The Kier molecular flexibility index (Phi) is 5.86. The Bertz CT molecular complexity index is 1010. The van der Waals surface area contributed by atoms with Gasteiger partial charge in [-0.3, -0.25) is 9.59 Å². The normalized spacial score (nSPS) is 17.2. The quantitative estimate of drug-likeness (QED) is 0.653. The predicted molar refractivity (Wildman–Crippen MR) is 117 cm³/mol. The summed E-state index contributed by atoms with van der Waals surface area (Å²) in [5.74, 6) is -0.103. The Morgan fingerprint density at radius 2 is 1.72 bits per heavy atom. The third kappa shape index (κ3) is 4.63.